The first kappa shape index (κ1) is 17.2. The van der Waals surface area contributed by atoms with Crippen molar-refractivity contribution in [3.05, 3.63) is 92.5 Å². The molecule has 0 radical (unpaired) electrons. The van der Waals surface area contributed by atoms with Crippen molar-refractivity contribution in [1.82, 2.24) is 9.55 Å². The molecule has 0 aliphatic rings. The van der Waals surface area contributed by atoms with Crippen LogP contribution in [0.15, 0.2) is 65.7 Å². The van der Waals surface area contributed by atoms with E-state index < -0.39 is 11.5 Å². The molecule has 0 bridgehead atoms. The van der Waals surface area contributed by atoms with Gasteiger partial charge in [0.2, 0.25) is 0 Å². The molecule has 1 N–H and O–H groups in total. The van der Waals surface area contributed by atoms with E-state index in [2.05, 4.69) is 10.3 Å². The molecule has 1 amide bonds. The van der Waals surface area contributed by atoms with Gasteiger partial charge in [0.25, 0.3) is 11.5 Å². The Hall–Kier alpha value is -2.63. The van der Waals surface area contributed by atoms with Crippen LogP contribution in [-0.2, 0) is 6.54 Å². The molecule has 5 nitrogen and oxygen atoms in total. The fourth-order valence-corrected chi connectivity index (χ4v) is 2.76. The lowest BCUT2D eigenvalue weighted by Crippen LogP contribution is -2.29. The van der Waals surface area contributed by atoms with E-state index in [0.717, 1.165) is 5.56 Å². The standard InChI is InChI=1S/C18H13Cl2N3O2/c19-13-7-6-12(15(20)10-13)11-23-9-3-4-14(18(23)25)17(24)22-16-5-1-2-8-21-16/h1-10H,11H2,(H,21,22,24). The van der Waals surface area contributed by atoms with Crippen molar-refractivity contribution in [1.29, 1.82) is 0 Å². The lowest BCUT2D eigenvalue weighted by molar-refractivity contribution is 0.102. The van der Waals surface area contributed by atoms with Crippen LogP contribution in [0, 0.1) is 0 Å². The summed E-state index contributed by atoms with van der Waals surface area (Å²) in [7, 11) is 0. The van der Waals surface area contributed by atoms with Gasteiger partial charge in [0.15, 0.2) is 0 Å². The maximum absolute atomic E-state index is 12.6. The number of hydrogen-bond acceptors (Lipinski definition) is 3. The highest BCUT2D eigenvalue weighted by molar-refractivity contribution is 6.35. The number of carbonyl (C=O) groups is 1. The second-order valence-corrected chi connectivity index (χ2v) is 6.10. The van der Waals surface area contributed by atoms with E-state index >= 15 is 0 Å². The Kier molecular flexibility index (Phi) is 5.16. The van der Waals surface area contributed by atoms with E-state index in [-0.39, 0.29) is 12.1 Å². The smallest absolute Gasteiger partial charge is 0.263 e. The molecular weight excluding hydrogens is 361 g/mol. The number of carbonyl (C=O) groups excluding carboxylic acids is 1. The number of nitrogens with one attached hydrogen (secondary N) is 1. The van der Waals surface area contributed by atoms with Gasteiger partial charge in [0.1, 0.15) is 11.4 Å². The van der Waals surface area contributed by atoms with Gasteiger partial charge in [-0.15, -0.1) is 0 Å². The molecule has 2 heterocycles. The van der Waals surface area contributed by atoms with Crippen LogP contribution in [0.4, 0.5) is 5.82 Å². The van der Waals surface area contributed by atoms with Crippen LogP contribution < -0.4 is 10.9 Å². The first-order valence-electron chi connectivity index (χ1n) is 7.40. The van der Waals surface area contributed by atoms with Crippen LogP contribution in [0.1, 0.15) is 15.9 Å². The second kappa shape index (κ2) is 7.51. The maximum atomic E-state index is 12.6. The summed E-state index contributed by atoms with van der Waals surface area (Å²) in [5.41, 5.74) is 0.343. The zero-order valence-corrected chi connectivity index (χ0v) is 14.5. The van der Waals surface area contributed by atoms with E-state index in [1.165, 1.54) is 10.6 Å². The van der Waals surface area contributed by atoms with Gasteiger partial charge in [-0.2, -0.15) is 0 Å². The topological polar surface area (TPSA) is 64.0 Å². The molecule has 25 heavy (non-hydrogen) atoms. The lowest BCUT2D eigenvalue weighted by Gasteiger charge is -2.10. The van der Waals surface area contributed by atoms with Gasteiger partial charge in [-0.25, -0.2) is 4.98 Å². The zero-order valence-electron chi connectivity index (χ0n) is 12.9. The van der Waals surface area contributed by atoms with Gasteiger partial charge in [-0.1, -0.05) is 35.3 Å². The lowest BCUT2D eigenvalue weighted by atomic mass is 10.2. The molecule has 0 fully saturated rings. The van der Waals surface area contributed by atoms with Crippen molar-refractivity contribution in [2.75, 3.05) is 5.32 Å². The number of hydrogen-bond donors (Lipinski definition) is 1. The SMILES string of the molecule is O=C(Nc1ccccn1)c1cccn(Cc2ccc(Cl)cc2Cl)c1=O. The van der Waals surface area contributed by atoms with Crippen molar-refractivity contribution < 1.29 is 4.79 Å². The van der Waals surface area contributed by atoms with Gasteiger partial charge >= 0.3 is 0 Å². The summed E-state index contributed by atoms with van der Waals surface area (Å²) < 4.78 is 1.42. The van der Waals surface area contributed by atoms with Crippen LogP contribution in [-0.4, -0.2) is 15.5 Å². The third-order valence-electron chi connectivity index (χ3n) is 3.53. The highest BCUT2D eigenvalue weighted by Crippen LogP contribution is 2.21. The molecule has 3 aromatic rings. The van der Waals surface area contributed by atoms with Crippen LogP contribution in [0.2, 0.25) is 10.0 Å². The number of halogens is 2. The molecule has 7 heteroatoms. The summed E-state index contributed by atoms with van der Waals surface area (Å²) in [6.45, 7) is 0.236. The summed E-state index contributed by atoms with van der Waals surface area (Å²) in [4.78, 5) is 29.0. The Morgan fingerprint density at radius 1 is 1.12 bits per heavy atom. The van der Waals surface area contributed by atoms with Crippen molar-refractivity contribution in [3.63, 3.8) is 0 Å². The van der Waals surface area contributed by atoms with Crippen molar-refractivity contribution >= 4 is 34.9 Å². The summed E-state index contributed by atoms with van der Waals surface area (Å²) in [5, 5.41) is 3.58. The third kappa shape index (κ3) is 4.07. The van der Waals surface area contributed by atoms with Crippen LogP contribution in [0.5, 0.6) is 0 Å². The molecule has 0 saturated carbocycles. The highest BCUT2D eigenvalue weighted by Gasteiger charge is 2.13. The molecule has 3 rings (SSSR count). The van der Waals surface area contributed by atoms with Crippen molar-refractivity contribution in [2.45, 2.75) is 6.54 Å². The predicted molar refractivity (Wildman–Crippen MR) is 98.5 cm³/mol. The Bertz CT molecular complexity index is 972. The van der Waals surface area contributed by atoms with Gasteiger partial charge in [-0.3, -0.25) is 9.59 Å². The average molecular weight is 374 g/mol. The molecule has 0 unspecified atom stereocenters. The Labute approximate surface area is 153 Å². The fourth-order valence-electron chi connectivity index (χ4n) is 2.29. The number of aromatic nitrogens is 2. The van der Waals surface area contributed by atoms with E-state index in [0.29, 0.717) is 15.9 Å². The van der Waals surface area contributed by atoms with Gasteiger partial charge in [0.05, 0.1) is 6.54 Å². The van der Waals surface area contributed by atoms with Crippen molar-refractivity contribution in [3.8, 4) is 0 Å². The molecule has 0 aliphatic heterocycles. The number of pyridine rings is 2. The minimum Gasteiger partial charge on any atom is -0.310 e. The predicted octanol–water partition coefficient (Wildman–Crippen LogP) is 3.85. The average Bonchev–Trinajstić information content (AvgIpc) is 2.59. The Balaban J connectivity index is 1.87. The molecule has 0 spiro atoms. The maximum Gasteiger partial charge on any atom is 0.263 e. The molecule has 0 saturated heterocycles. The normalized spacial score (nSPS) is 10.5. The van der Waals surface area contributed by atoms with Gasteiger partial charge < -0.3 is 9.88 Å². The molecule has 2 aromatic heterocycles. The Morgan fingerprint density at radius 2 is 1.96 bits per heavy atom. The summed E-state index contributed by atoms with van der Waals surface area (Å²) in [6.07, 6.45) is 3.16. The number of benzene rings is 1. The van der Waals surface area contributed by atoms with E-state index in [9.17, 15) is 9.59 Å². The molecule has 0 aliphatic carbocycles. The molecule has 0 atom stereocenters. The number of rotatable bonds is 4. The monoisotopic (exact) mass is 373 g/mol. The molecule has 126 valence electrons. The fraction of sp³-hybridized carbons (Fsp3) is 0.0556. The van der Waals surface area contributed by atoms with Gasteiger partial charge in [-0.05, 0) is 42.0 Å². The van der Waals surface area contributed by atoms with Crippen LogP contribution >= 0.6 is 23.2 Å². The minimum absolute atomic E-state index is 0.0261. The van der Waals surface area contributed by atoms with Crippen molar-refractivity contribution in [2.24, 2.45) is 0 Å². The quantitative estimate of drug-likeness (QED) is 0.755. The summed E-state index contributed by atoms with van der Waals surface area (Å²) >= 11 is 12.0. The highest BCUT2D eigenvalue weighted by atomic mass is 35.5. The first-order chi connectivity index (χ1) is 12.0. The van der Waals surface area contributed by atoms with E-state index in [4.69, 9.17) is 23.2 Å². The van der Waals surface area contributed by atoms with Crippen LogP contribution in [0.25, 0.3) is 0 Å². The zero-order chi connectivity index (χ0) is 17.8. The number of nitrogens with zero attached hydrogens (tertiary/aromatic N) is 2. The van der Waals surface area contributed by atoms with E-state index in [1.807, 2.05) is 0 Å². The van der Waals surface area contributed by atoms with E-state index in [1.54, 1.807) is 54.9 Å². The number of amides is 1. The molecule has 1 aromatic carbocycles. The third-order valence-corrected chi connectivity index (χ3v) is 4.11. The Morgan fingerprint density at radius 3 is 2.68 bits per heavy atom. The van der Waals surface area contributed by atoms with Gasteiger partial charge in [0, 0.05) is 22.4 Å². The minimum atomic E-state index is -0.514. The largest absolute Gasteiger partial charge is 0.310 e. The van der Waals surface area contributed by atoms with Crippen LogP contribution in [0.3, 0.4) is 0 Å². The summed E-state index contributed by atoms with van der Waals surface area (Å²) in [6, 6.07) is 13.3. The second-order valence-electron chi connectivity index (χ2n) is 5.26. The summed E-state index contributed by atoms with van der Waals surface area (Å²) in [5.74, 6) is -0.136. The molecular formula is C18H13Cl2N3O2. The first-order valence-corrected chi connectivity index (χ1v) is 8.16. The number of anilines is 1.